The minimum absolute atomic E-state index is 0.0945. The quantitative estimate of drug-likeness (QED) is 0.167. The Morgan fingerprint density at radius 1 is 1.08 bits per heavy atom. The lowest BCUT2D eigenvalue weighted by molar-refractivity contribution is -0.139. The number of carboxylic acid groups (broad SMARTS) is 1. The standard InChI is InChI=1S/C25H29N9O3S/c1-27-15-11-17(28-2)21(18(12-15)29-3)23(35)31-19(25(36)37)10-14-4-6-16(7-5-14)34-13-20(32-33-34)22(26)24-30-8-9-38-24/h4-9,11-13,19,22,27-29H,10,26H2,1-3H3,(H,31,35)(H,36,37). The van der Waals surface area contributed by atoms with Crippen LogP contribution in [0.4, 0.5) is 17.1 Å². The molecule has 12 nitrogen and oxygen atoms in total. The highest BCUT2D eigenvalue weighted by Crippen LogP contribution is 2.29. The average Bonchev–Trinajstić information content (AvgIpc) is 3.65. The first-order valence-electron chi connectivity index (χ1n) is 11.8. The highest BCUT2D eigenvalue weighted by Gasteiger charge is 2.25. The van der Waals surface area contributed by atoms with Crippen LogP contribution >= 0.6 is 11.3 Å². The summed E-state index contributed by atoms with van der Waals surface area (Å²) in [5, 5.41) is 32.4. The van der Waals surface area contributed by atoms with Gasteiger partial charge >= 0.3 is 5.97 Å². The minimum Gasteiger partial charge on any atom is -0.480 e. The number of aromatic nitrogens is 4. The molecule has 0 aliphatic heterocycles. The summed E-state index contributed by atoms with van der Waals surface area (Å²) in [5.41, 5.74) is 10.5. The molecule has 0 radical (unpaired) electrons. The average molecular weight is 536 g/mol. The number of carbonyl (C=O) groups is 2. The van der Waals surface area contributed by atoms with E-state index in [0.29, 0.717) is 22.6 Å². The molecule has 0 bridgehead atoms. The van der Waals surface area contributed by atoms with Crippen LogP contribution in [0.25, 0.3) is 5.69 Å². The number of carboxylic acids is 1. The predicted molar refractivity (Wildman–Crippen MR) is 147 cm³/mol. The van der Waals surface area contributed by atoms with Crippen molar-refractivity contribution in [2.45, 2.75) is 18.5 Å². The van der Waals surface area contributed by atoms with Crippen molar-refractivity contribution in [3.8, 4) is 5.69 Å². The molecule has 13 heteroatoms. The van der Waals surface area contributed by atoms with Crippen molar-refractivity contribution in [1.82, 2.24) is 25.3 Å². The summed E-state index contributed by atoms with van der Waals surface area (Å²) in [7, 11) is 5.18. The number of carbonyl (C=O) groups excluding carboxylic acids is 1. The van der Waals surface area contributed by atoms with Crippen molar-refractivity contribution in [1.29, 1.82) is 0 Å². The Kier molecular flexibility index (Phi) is 8.19. The number of hydrogen-bond acceptors (Lipinski definition) is 10. The van der Waals surface area contributed by atoms with Crippen LogP contribution in [0.1, 0.15) is 32.7 Å². The Morgan fingerprint density at radius 2 is 1.76 bits per heavy atom. The number of aliphatic carboxylic acids is 1. The number of anilines is 3. The summed E-state index contributed by atoms with van der Waals surface area (Å²) in [6.45, 7) is 0. The third-order valence-electron chi connectivity index (χ3n) is 5.98. The number of rotatable bonds is 11. The van der Waals surface area contributed by atoms with Crippen LogP contribution in [-0.2, 0) is 11.2 Å². The van der Waals surface area contributed by atoms with Crippen LogP contribution < -0.4 is 27.0 Å². The van der Waals surface area contributed by atoms with Gasteiger partial charge < -0.3 is 32.1 Å². The molecular formula is C25H29N9O3S. The molecule has 198 valence electrons. The second-order valence-corrected chi connectivity index (χ2v) is 9.29. The first kappa shape index (κ1) is 26.6. The monoisotopic (exact) mass is 535 g/mol. The molecule has 2 unspecified atom stereocenters. The zero-order chi connectivity index (χ0) is 27.2. The van der Waals surface area contributed by atoms with Crippen LogP contribution in [0.2, 0.25) is 0 Å². The highest BCUT2D eigenvalue weighted by atomic mass is 32.1. The van der Waals surface area contributed by atoms with Crippen molar-refractivity contribution >= 4 is 40.3 Å². The van der Waals surface area contributed by atoms with Crippen LogP contribution in [0, 0.1) is 0 Å². The summed E-state index contributed by atoms with van der Waals surface area (Å²) in [5.74, 6) is -1.64. The number of thiazole rings is 1. The van der Waals surface area contributed by atoms with E-state index in [1.165, 1.54) is 11.3 Å². The molecule has 0 aliphatic carbocycles. The largest absolute Gasteiger partial charge is 0.480 e. The number of nitrogens with two attached hydrogens (primary N) is 1. The van der Waals surface area contributed by atoms with Crippen LogP contribution in [0.5, 0.6) is 0 Å². The van der Waals surface area contributed by atoms with E-state index in [9.17, 15) is 14.7 Å². The lowest BCUT2D eigenvalue weighted by atomic mass is 10.0. The van der Waals surface area contributed by atoms with Gasteiger partial charge in [0.15, 0.2) is 0 Å². The van der Waals surface area contributed by atoms with Gasteiger partial charge in [-0.3, -0.25) is 4.79 Å². The molecule has 0 fully saturated rings. The van der Waals surface area contributed by atoms with Crippen LogP contribution in [-0.4, -0.2) is 64.1 Å². The number of nitrogens with zero attached hydrogens (tertiary/aromatic N) is 4. The van der Waals surface area contributed by atoms with Gasteiger partial charge in [0, 0.05) is 44.8 Å². The smallest absolute Gasteiger partial charge is 0.326 e. The Hall–Kier alpha value is -4.49. The van der Waals surface area contributed by atoms with E-state index < -0.39 is 24.0 Å². The topological polar surface area (TPSA) is 172 Å². The van der Waals surface area contributed by atoms with Crippen molar-refractivity contribution in [2.75, 3.05) is 37.1 Å². The van der Waals surface area contributed by atoms with Gasteiger partial charge in [-0.15, -0.1) is 16.4 Å². The number of amides is 1. The number of hydrogen-bond donors (Lipinski definition) is 6. The molecule has 2 atom stereocenters. The van der Waals surface area contributed by atoms with Crippen molar-refractivity contribution in [2.24, 2.45) is 5.73 Å². The third kappa shape index (κ3) is 5.74. The molecule has 0 spiro atoms. The van der Waals surface area contributed by atoms with Gasteiger partial charge in [-0.2, -0.15) is 0 Å². The van der Waals surface area contributed by atoms with Gasteiger partial charge in [-0.1, -0.05) is 17.3 Å². The molecule has 0 saturated carbocycles. The predicted octanol–water partition coefficient (Wildman–Crippen LogP) is 2.32. The fourth-order valence-corrected chi connectivity index (χ4v) is 4.59. The summed E-state index contributed by atoms with van der Waals surface area (Å²) in [6.07, 6.45) is 3.52. The third-order valence-corrected chi connectivity index (χ3v) is 6.84. The first-order chi connectivity index (χ1) is 18.3. The molecule has 1 amide bonds. The SMILES string of the molecule is CNc1cc(NC)c(C(=O)NC(Cc2ccc(-n3cc(C(N)c4nccs4)nn3)cc2)C(=O)O)c(NC)c1. The van der Waals surface area contributed by atoms with E-state index in [-0.39, 0.29) is 6.42 Å². The molecule has 2 aromatic heterocycles. The lowest BCUT2D eigenvalue weighted by Crippen LogP contribution is -2.42. The van der Waals surface area contributed by atoms with Crippen molar-refractivity contribution < 1.29 is 14.7 Å². The lowest BCUT2D eigenvalue weighted by Gasteiger charge is -2.19. The maximum atomic E-state index is 13.2. The second kappa shape index (κ2) is 11.7. The fourth-order valence-electron chi connectivity index (χ4n) is 3.94. The Morgan fingerprint density at radius 3 is 2.32 bits per heavy atom. The molecular weight excluding hydrogens is 506 g/mol. The molecule has 0 saturated heterocycles. The minimum atomic E-state index is -1.14. The normalized spacial score (nSPS) is 12.4. The Bertz CT molecular complexity index is 1380. The summed E-state index contributed by atoms with van der Waals surface area (Å²) >= 11 is 1.45. The van der Waals surface area contributed by atoms with Gasteiger partial charge in [-0.25, -0.2) is 14.5 Å². The molecule has 2 heterocycles. The second-order valence-electron chi connectivity index (χ2n) is 8.37. The van der Waals surface area contributed by atoms with E-state index in [0.717, 1.165) is 21.9 Å². The molecule has 7 N–H and O–H groups in total. The van der Waals surface area contributed by atoms with E-state index in [2.05, 4.69) is 36.6 Å². The van der Waals surface area contributed by atoms with Gasteiger partial charge in [0.1, 0.15) is 22.8 Å². The molecule has 4 rings (SSSR count). The van der Waals surface area contributed by atoms with Crippen LogP contribution in [0.15, 0.2) is 54.2 Å². The van der Waals surface area contributed by atoms with Gasteiger partial charge in [0.25, 0.3) is 5.91 Å². The van der Waals surface area contributed by atoms with Crippen LogP contribution in [0.3, 0.4) is 0 Å². The zero-order valence-electron chi connectivity index (χ0n) is 21.1. The van der Waals surface area contributed by atoms with E-state index in [1.807, 2.05) is 5.38 Å². The van der Waals surface area contributed by atoms with Crippen molar-refractivity contribution in [3.05, 3.63) is 76.0 Å². The summed E-state index contributed by atoms with van der Waals surface area (Å²) in [4.78, 5) is 29.4. The molecule has 38 heavy (non-hydrogen) atoms. The van der Waals surface area contributed by atoms with Gasteiger partial charge in [-0.05, 0) is 29.8 Å². The highest BCUT2D eigenvalue weighted by molar-refractivity contribution is 7.09. The van der Waals surface area contributed by atoms with E-state index in [1.54, 1.807) is 74.6 Å². The van der Waals surface area contributed by atoms with E-state index >= 15 is 0 Å². The maximum absolute atomic E-state index is 13.2. The number of benzene rings is 2. The Labute approximate surface area is 223 Å². The number of nitrogens with one attached hydrogen (secondary N) is 4. The molecule has 0 aliphatic rings. The summed E-state index contributed by atoms with van der Waals surface area (Å²) < 4.78 is 1.59. The van der Waals surface area contributed by atoms with Gasteiger partial charge in [0.05, 0.1) is 28.8 Å². The first-order valence-corrected chi connectivity index (χ1v) is 12.6. The van der Waals surface area contributed by atoms with E-state index in [4.69, 9.17) is 5.73 Å². The van der Waals surface area contributed by atoms with Crippen molar-refractivity contribution in [3.63, 3.8) is 0 Å². The maximum Gasteiger partial charge on any atom is 0.326 e. The molecule has 4 aromatic rings. The fraction of sp³-hybridized carbons (Fsp3) is 0.240. The Balaban J connectivity index is 1.48. The summed E-state index contributed by atoms with van der Waals surface area (Å²) in [6, 6.07) is 9.15. The zero-order valence-corrected chi connectivity index (χ0v) is 21.9. The van der Waals surface area contributed by atoms with Gasteiger partial charge in [0.2, 0.25) is 0 Å². The molecule has 2 aromatic carbocycles.